The van der Waals surface area contributed by atoms with Crippen molar-refractivity contribution in [3.63, 3.8) is 0 Å². The molecule has 0 aliphatic carbocycles. The molecule has 74 valence electrons. The number of nitrogens with zero attached hydrogens (tertiary/aromatic N) is 3. The van der Waals surface area contributed by atoms with E-state index >= 15 is 0 Å². The molecule has 0 aromatic carbocycles. The average Bonchev–Trinajstić information content (AvgIpc) is 2.45. The lowest BCUT2D eigenvalue weighted by Gasteiger charge is -2.00. The van der Waals surface area contributed by atoms with Gasteiger partial charge in [-0.05, 0) is 19.0 Å². The van der Waals surface area contributed by atoms with Crippen LogP contribution >= 0.6 is 11.6 Å². The van der Waals surface area contributed by atoms with Crippen LogP contribution in [0.25, 0.3) is 5.78 Å². The lowest BCUT2D eigenvalue weighted by Crippen LogP contribution is -2.05. The Bertz CT molecular complexity index is 463. The highest BCUT2D eigenvalue weighted by molar-refractivity contribution is 6.30. The molecule has 14 heavy (non-hydrogen) atoms. The standard InChI is InChI=1S/C9H11ClN4/c1-6-4-12-9-13-8(10)7(2-3-11)14(9)5-6/h4-5H,2-3,11H2,1H3. The van der Waals surface area contributed by atoms with Crippen molar-refractivity contribution in [2.24, 2.45) is 5.73 Å². The van der Waals surface area contributed by atoms with Crippen LogP contribution in [0.15, 0.2) is 12.4 Å². The second-order valence-electron chi connectivity index (χ2n) is 3.19. The molecular formula is C9H11ClN4. The van der Waals surface area contributed by atoms with Gasteiger partial charge in [0.1, 0.15) is 0 Å². The summed E-state index contributed by atoms with van der Waals surface area (Å²) in [6.45, 7) is 2.54. The summed E-state index contributed by atoms with van der Waals surface area (Å²) in [5.41, 5.74) is 7.50. The van der Waals surface area contributed by atoms with Crippen molar-refractivity contribution in [1.82, 2.24) is 14.4 Å². The predicted octanol–water partition coefficient (Wildman–Crippen LogP) is 1.19. The van der Waals surface area contributed by atoms with Gasteiger partial charge in [-0.15, -0.1) is 0 Å². The summed E-state index contributed by atoms with van der Waals surface area (Å²) >= 11 is 5.97. The maximum atomic E-state index is 5.97. The number of hydrogen-bond donors (Lipinski definition) is 1. The molecule has 0 spiro atoms. The van der Waals surface area contributed by atoms with Gasteiger partial charge in [0.25, 0.3) is 0 Å². The molecule has 4 nitrogen and oxygen atoms in total. The van der Waals surface area contributed by atoms with Crippen molar-refractivity contribution >= 4 is 17.4 Å². The van der Waals surface area contributed by atoms with Gasteiger partial charge in [-0.3, -0.25) is 4.40 Å². The maximum absolute atomic E-state index is 5.97. The molecular weight excluding hydrogens is 200 g/mol. The van der Waals surface area contributed by atoms with Crippen molar-refractivity contribution in [3.8, 4) is 0 Å². The summed E-state index contributed by atoms with van der Waals surface area (Å²) in [5, 5.41) is 0.494. The molecule has 0 fully saturated rings. The van der Waals surface area contributed by atoms with E-state index in [2.05, 4.69) is 9.97 Å². The van der Waals surface area contributed by atoms with Crippen LogP contribution in [0.3, 0.4) is 0 Å². The van der Waals surface area contributed by atoms with Gasteiger partial charge >= 0.3 is 0 Å². The molecule has 5 heteroatoms. The molecule has 0 radical (unpaired) electrons. The van der Waals surface area contributed by atoms with Crippen LogP contribution in [0.5, 0.6) is 0 Å². The lowest BCUT2D eigenvalue weighted by atomic mass is 10.3. The largest absolute Gasteiger partial charge is 0.330 e. The van der Waals surface area contributed by atoms with Crippen LogP contribution in [-0.4, -0.2) is 20.9 Å². The molecule has 0 saturated heterocycles. The van der Waals surface area contributed by atoms with E-state index in [-0.39, 0.29) is 0 Å². The van der Waals surface area contributed by atoms with Crippen molar-refractivity contribution in [2.45, 2.75) is 13.3 Å². The third-order valence-electron chi connectivity index (χ3n) is 2.04. The van der Waals surface area contributed by atoms with E-state index < -0.39 is 0 Å². The topological polar surface area (TPSA) is 56.2 Å². The van der Waals surface area contributed by atoms with Crippen LogP contribution in [0, 0.1) is 6.92 Å². The van der Waals surface area contributed by atoms with Gasteiger partial charge in [0.2, 0.25) is 5.78 Å². The Morgan fingerprint density at radius 2 is 2.36 bits per heavy atom. The number of aryl methyl sites for hydroxylation is 1. The zero-order valence-electron chi connectivity index (χ0n) is 7.87. The van der Waals surface area contributed by atoms with Crippen LogP contribution in [-0.2, 0) is 6.42 Å². The second kappa shape index (κ2) is 3.55. The molecule has 0 aliphatic rings. The molecule has 2 rings (SSSR count). The van der Waals surface area contributed by atoms with Gasteiger partial charge < -0.3 is 5.73 Å². The summed E-state index contributed by atoms with van der Waals surface area (Å²) in [6.07, 6.45) is 4.45. The molecule has 0 atom stereocenters. The number of imidazole rings is 1. The maximum Gasteiger partial charge on any atom is 0.235 e. The molecule has 2 heterocycles. The number of halogens is 1. The highest BCUT2D eigenvalue weighted by Gasteiger charge is 2.09. The summed E-state index contributed by atoms with van der Waals surface area (Å²) in [5.74, 6) is 0.629. The Balaban J connectivity index is 2.66. The Hall–Kier alpha value is -1.13. The Kier molecular flexibility index (Phi) is 2.39. The summed E-state index contributed by atoms with van der Waals surface area (Å²) in [6, 6.07) is 0. The fourth-order valence-corrected chi connectivity index (χ4v) is 1.67. The minimum absolute atomic E-state index is 0.494. The summed E-state index contributed by atoms with van der Waals surface area (Å²) < 4.78 is 1.89. The van der Waals surface area contributed by atoms with Gasteiger partial charge in [-0.25, -0.2) is 4.98 Å². The minimum Gasteiger partial charge on any atom is -0.330 e. The number of nitrogens with two attached hydrogens (primary N) is 1. The van der Waals surface area contributed by atoms with Gasteiger partial charge in [0.05, 0.1) is 5.69 Å². The van der Waals surface area contributed by atoms with E-state index in [1.54, 1.807) is 6.20 Å². The van der Waals surface area contributed by atoms with E-state index in [9.17, 15) is 0 Å². The molecule has 2 aromatic heterocycles. The first-order chi connectivity index (χ1) is 6.72. The van der Waals surface area contributed by atoms with Gasteiger partial charge in [0, 0.05) is 18.8 Å². The first kappa shape index (κ1) is 9.43. The fourth-order valence-electron chi connectivity index (χ4n) is 1.41. The first-order valence-electron chi connectivity index (χ1n) is 4.41. The quantitative estimate of drug-likeness (QED) is 0.810. The van der Waals surface area contributed by atoms with E-state index in [0.29, 0.717) is 23.9 Å². The van der Waals surface area contributed by atoms with Crippen LogP contribution < -0.4 is 5.73 Å². The molecule has 0 aliphatic heterocycles. The van der Waals surface area contributed by atoms with Gasteiger partial charge in [0.15, 0.2) is 5.15 Å². The van der Waals surface area contributed by atoms with Gasteiger partial charge in [-0.2, -0.15) is 4.98 Å². The van der Waals surface area contributed by atoms with E-state index in [0.717, 1.165) is 11.3 Å². The van der Waals surface area contributed by atoms with E-state index in [1.165, 1.54) is 0 Å². The van der Waals surface area contributed by atoms with Crippen LogP contribution in [0.1, 0.15) is 11.3 Å². The third-order valence-corrected chi connectivity index (χ3v) is 2.34. The molecule has 2 aromatic rings. The number of rotatable bonds is 2. The SMILES string of the molecule is Cc1cnc2nc(Cl)c(CCN)n2c1. The van der Waals surface area contributed by atoms with Crippen LogP contribution in [0.2, 0.25) is 5.15 Å². The Morgan fingerprint density at radius 1 is 1.57 bits per heavy atom. The van der Waals surface area contributed by atoms with Crippen molar-refractivity contribution in [2.75, 3.05) is 6.54 Å². The monoisotopic (exact) mass is 210 g/mol. The Labute approximate surface area is 86.7 Å². The highest BCUT2D eigenvalue weighted by Crippen LogP contribution is 2.16. The van der Waals surface area contributed by atoms with Crippen molar-refractivity contribution < 1.29 is 0 Å². The van der Waals surface area contributed by atoms with Crippen molar-refractivity contribution in [1.29, 1.82) is 0 Å². The lowest BCUT2D eigenvalue weighted by molar-refractivity contribution is 0.895. The predicted molar refractivity (Wildman–Crippen MR) is 55.5 cm³/mol. The second-order valence-corrected chi connectivity index (χ2v) is 3.55. The fraction of sp³-hybridized carbons (Fsp3) is 0.333. The molecule has 0 bridgehead atoms. The highest BCUT2D eigenvalue weighted by atomic mass is 35.5. The number of hydrogen-bond acceptors (Lipinski definition) is 3. The molecule has 0 unspecified atom stereocenters. The zero-order valence-corrected chi connectivity index (χ0v) is 8.62. The number of fused-ring (bicyclic) bond motifs is 1. The smallest absolute Gasteiger partial charge is 0.235 e. The number of aromatic nitrogens is 3. The Morgan fingerprint density at radius 3 is 3.07 bits per heavy atom. The zero-order chi connectivity index (χ0) is 10.1. The molecule has 0 amide bonds. The van der Waals surface area contributed by atoms with Gasteiger partial charge in [-0.1, -0.05) is 11.6 Å². The third kappa shape index (κ3) is 1.47. The molecule has 2 N–H and O–H groups in total. The summed E-state index contributed by atoms with van der Waals surface area (Å²) in [7, 11) is 0. The first-order valence-corrected chi connectivity index (χ1v) is 4.79. The normalized spacial score (nSPS) is 11.1. The average molecular weight is 211 g/mol. The minimum atomic E-state index is 0.494. The van der Waals surface area contributed by atoms with E-state index in [4.69, 9.17) is 17.3 Å². The molecule has 0 saturated carbocycles. The van der Waals surface area contributed by atoms with Crippen molar-refractivity contribution in [3.05, 3.63) is 28.8 Å². The summed E-state index contributed by atoms with van der Waals surface area (Å²) in [4.78, 5) is 8.31. The van der Waals surface area contributed by atoms with Crippen LogP contribution in [0.4, 0.5) is 0 Å². The van der Waals surface area contributed by atoms with E-state index in [1.807, 2.05) is 17.5 Å².